The molecule has 186 valence electrons. The molecule has 2 amide bonds. The molecule has 0 unspecified atom stereocenters. The Morgan fingerprint density at radius 1 is 1.06 bits per heavy atom. The number of carbonyl (C=O) groups is 1. The Kier molecular flexibility index (Phi) is 7.35. The number of nitrogens with zero attached hydrogens (tertiary/aromatic N) is 4. The molecule has 12 heteroatoms. The molecule has 10 nitrogen and oxygen atoms in total. The number of urea groups is 1. The van der Waals surface area contributed by atoms with Gasteiger partial charge in [0.25, 0.3) is 0 Å². The fourth-order valence-electron chi connectivity index (χ4n) is 3.45. The van der Waals surface area contributed by atoms with Crippen LogP contribution in [0.1, 0.15) is 11.3 Å². The Labute approximate surface area is 205 Å². The van der Waals surface area contributed by atoms with Crippen LogP contribution in [0.2, 0.25) is 0 Å². The molecule has 2 aromatic carbocycles. The quantitative estimate of drug-likeness (QED) is 0.281. The van der Waals surface area contributed by atoms with Crippen LogP contribution in [-0.2, 0) is 13.6 Å². The minimum atomic E-state index is -2.88. The van der Waals surface area contributed by atoms with Crippen molar-refractivity contribution in [1.82, 2.24) is 19.7 Å². The summed E-state index contributed by atoms with van der Waals surface area (Å²) in [6.45, 7) is -0.813. The Morgan fingerprint density at radius 3 is 2.39 bits per heavy atom. The number of nitrogens with two attached hydrogens (primary N) is 1. The SMILES string of the molecule is Cc1cc(NC(=O)Nc2cc(Nc3ncc(-c4ccc(OC(F)F)cc4)cn3)ccc2CN)n(C)n1. The van der Waals surface area contributed by atoms with Crippen molar-refractivity contribution in [3.8, 4) is 16.9 Å². The standard InChI is InChI=1S/C24H24F2N8O2/c1-14-9-21(34(2)33-14)32-24(35)31-20-10-18(6-3-16(20)11-27)30-23-28-12-17(13-29-23)15-4-7-19(8-5-15)36-22(25)26/h3-10,12-13,22H,11,27H2,1-2H3,(H,28,29,30)(H2,31,32,35). The first-order valence-corrected chi connectivity index (χ1v) is 10.9. The Balaban J connectivity index is 1.44. The number of ether oxygens (including phenoxy) is 1. The zero-order valence-corrected chi connectivity index (χ0v) is 19.5. The third-order valence-corrected chi connectivity index (χ3v) is 5.14. The zero-order chi connectivity index (χ0) is 25.7. The summed E-state index contributed by atoms with van der Waals surface area (Å²) in [5.74, 6) is 0.957. The third-order valence-electron chi connectivity index (χ3n) is 5.14. The minimum absolute atomic E-state index is 0.0717. The number of amides is 2. The van der Waals surface area contributed by atoms with Gasteiger partial charge < -0.3 is 21.1 Å². The number of aryl methyl sites for hydroxylation is 2. The second-order valence-electron chi connectivity index (χ2n) is 7.77. The molecule has 4 aromatic rings. The summed E-state index contributed by atoms with van der Waals surface area (Å²) in [5.41, 5.74) is 9.98. The summed E-state index contributed by atoms with van der Waals surface area (Å²) in [4.78, 5) is 21.2. The maximum Gasteiger partial charge on any atom is 0.387 e. The third kappa shape index (κ3) is 6.10. The molecule has 0 fully saturated rings. The van der Waals surface area contributed by atoms with Gasteiger partial charge in [0.05, 0.1) is 5.69 Å². The molecular formula is C24H24F2N8O2. The van der Waals surface area contributed by atoms with Crippen molar-refractivity contribution >= 4 is 29.2 Å². The lowest BCUT2D eigenvalue weighted by molar-refractivity contribution is -0.0498. The van der Waals surface area contributed by atoms with Gasteiger partial charge >= 0.3 is 12.6 Å². The van der Waals surface area contributed by atoms with E-state index in [1.165, 1.54) is 12.1 Å². The molecule has 0 aliphatic carbocycles. The molecule has 0 spiro atoms. The van der Waals surface area contributed by atoms with Gasteiger partial charge in [-0.15, -0.1) is 0 Å². The van der Waals surface area contributed by atoms with Crippen LogP contribution in [0.4, 0.5) is 36.7 Å². The van der Waals surface area contributed by atoms with Crippen LogP contribution in [-0.4, -0.2) is 32.4 Å². The van der Waals surface area contributed by atoms with E-state index in [-0.39, 0.29) is 12.3 Å². The molecule has 5 N–H and O–H groups in total. The number of hydrogen-bond acceptors (Lipinski definition) is 7. The monoisotopic (exact) mass is 494 g/mol. The number of aromatic nitrogens is 4. The zero-order valence-electron chi connectivity index (χ0n) is 19.5. The Hall–Kier alpha value is -4.58. The number of rotatable bonds is 8. The largest absolute Gasteiger partial charge is 0.435 e. The minimum Gasteiger partial charge on any atom is -0.435 e. The number of hydrogen-bond donors (Lipinski definition) is 4. The van der Waals surface area contributed by atoms with E-state index >= 15 is 0 Å². The number of carbonyl (C=O) groups excluding carboxylic acids is 1. The number of nitrogens with one attached hydrogen (secondary N) is 3. The van der Waals surface area contributed by atoms with Crippen molar-refractivity contribution in [3.05, 3.63) is 72.2 Å². The van der Waals surface area contributed by atoms with Crippen LogP contribution in [0.25, 0.3) is 11.1 Å². The van der Waals surface area contributed by atoms with Crippen molar-refractivity contribution in [2.45, 2.75) is 20.1 Å². The summed E-state index contributed by atoms with van der Waals surface area (Å²) in [6, 6.07) is 12.8. The van der Waals surface area contributed by atoms with E-state index in [0.29, 0.717) is 28.7 Å². The van der Waals surface area contributed by atoms with E-state index in [0.717, 1.165) is 16.8 Å². The predicted octanol–water partition coefficient (Wildman–Crippen LogP) is 4.63. The average Bonchev–Trinajstić information content (AvgIpc) is 3.16. The van der Waals surface area contributed by atoms with E-state index in [4.69, 9.17) is 5.73 Å². The first-order valence-electron chi connectivity index (χ1n) is 10.9. The fourth-order valence-corrected chi connectivity index (χ4v) is 3.45. The number of benzene rings is 2. The van der Waals surface area contributed by atoms with Gasteiger partial charge in [-0.1, -0.05) is 18.2 Å². The second kappa shape index (κ2) is 10.8. The molecule has 0 aliphatic heterocycles. The molecule has 4 rings (SSSR count). The Morgan fingerprint density at radius 2 is 1.78 bits per heavy atom. The van der Waals surface area contributed by atoms with Crippen LogP contribution in [0.3, 0.4) is 0 Å². The van der Waals surface area contributed by atoms with Crippen molar-refractivity contribution in [1.29, 1.82) is 0 Å². The summed E-state index contributed by atoms with van der Waals surface area (Å²) >= 11 is 0. The molecule has 0 radical (unpaired) electrons. The summed E-state index contributed by atoms with van der Waals surface area (Å²) in [5, 5.41) is 12.9. The van der Waals surface area contributed by atoms with Gasteiger partial charge in [0.2, 0.25) is 5.95 Å². The van der Waals surface area contributed by atoms with Gasteiger partial charge in [0.1, 0.15) is 11.6 Å². The summed E-state index contributed by atoms with van der Waals surface area (Å²) in [6.07, 6.45) is 3.21. The molecule has 0 saturated heterocycles. The lowest BCUT2D eigenvalue weighted by Gasteiger charge is -2.13. The van der Waals surface area contributed by atoms with E-state index in [1.54, 1.807) is 60.5 Å². The smallest absolute Gasteiger partial charge is 0.387 e. The highest BCUT2D eigenvalue weighted by Crippen LogP contribution is 2.25. The van der Waals surface area contributed by atoms with Gasteiger partial charge in [-0.3, -0.25) is 10.00 Å². The molecule has 0 saturated carbocycles. The van der Waals surface area contributed by atoms with Crippen molar-refractivity contribution < 1.29 is 18.3 Å². The van der Waals surface area contributed by atoms with Crippen LogP contribution < -0.4 is 26.4 Å². The second-order valence-corrected chi connectivity index (χ2v) is 7.77. The lowest BCUT2D eigenvalue weighted by atomic mass is 10.1. The predicted molar refractivity (Wildman–Crippen MR) is 132 cm³/mol. The van der Waals surface area contributed by atoms with Gasteiger partial charge in [-0.2, -0.15) is 13.9 Å². The van der Waals surface area contributed by atoms with Crippen molar-refractivity contribution in [3.63, 3.8) is 0 Å². The molecule has 0 aliphatic rings. The van der Waals surface area contributed by atoms with Gasteiger partial charge in [0.15, 0.2) is 0 Å². The summed E-state index contributed by atoms with van der Waals surface area (Å²) in [7, 11) is 1.74. The highest BCUT2D eigenvalue weighted by molar-refractivity contribution is 6.00. The maximum absolute atomic E-state index is 12.5. The number of alkyl halides is 2. The van der Waals surface area contributed by atoms with E-state index in [9.17, 15) is 13.6 Å². The van der Waals surface area contributed by atoms with Crippen LogP contribution in [0.15, 0.2) is 60.9 Å². The highest BCUT2D eigenvalue weighted by Gasteiger charge is 2.11. The molecular weight excluding hydrogens is 470 g/mol. The highest BCUT2D eigenvalue weighted by atomic mass is 19.3. The number of anilines is 4. The summed E-state index contributed by atoms with van der Waals surface area (Å²) < 4.78 is 30.6. The molecule has 2 aromatic heterocycles. The van der Waals surface area contributed by atoms with Gasteiger partial charge in [0, 0.05) is 49.0 Å². The molecule has 0 bridgehead atoms. The molecule has 0 atom stereocenters. The maximum atomic E-state index is 12.5. The normalized spacial score (nSPS) is 10.8. The van der Waals surface area contributed by atoms with E-state index in [1.807, 2.05) is 6.92 Å². The fraction of sp³-hybridized carbons (Fsp3) is 0.167. The van der Waals surface area contributed by atoms with E-state index in [2.05, 4.69) is 35.8 Å². The molecule has 36 heavy (non-hydrogen) atoms. The van der Waals surface area contributed by atoms with E-state index < -0.39 is 12.6 Å². The first-order chi connectivity index (χ1) is 17.3. The van der Waals surface area contributed by atoms with Gasteiger partial charge in [-0.05, 0) is 42.3 Å². The first kappa shape index (κ1) is 24.5. The van der Waals surface area contributed by atoms with Gasteiger partial charge in [-0.25, -0.2) is 14.8 Å². The topological polar surface area (TPSA) is 132 Å². The average molecular weight is 495 g/mol. The van der Waals surface area contributed by atoms with Crippen LogP contribution in [0.5, 0.6) is 5.75 Å². The van der Waals surface area contributed by atoms with Crippen LogP contribution >= 0.6 is 0 Å². The van der Waals surface area contributed by atoms with Crippen molar-refractivity contribution in [2.75, 3.05) is 16.0 Å². The van der Waals surface area contributed by atoms with Crippen LogP contribution in [0, 0.1) is 6.92 Å². The van der Waals surface area contributed by atoms with Crippen molar-refractivity contribution in [2.24, 2.45) is 12.8 Å². The molecule has 2 heterocycles. The Bertz CT molecular complexity index is 1340. The lowest BCUT2D eigenvalue weighted by Crippen LogP contribution is -2.22. The number of halogens is 2.